The number of fused-ring (bicyclic) bond motifs is 1. The number of hydrogen-bond acceptors (Lipinski definition) is 7. The predicted octanol–water partition coefficient (Wildman–Crippen LogP) is 5.29. The van der Waals surface area contributed by atoms with E-state index in [0.29, 0.717) is 23.7 Å². The molecule has 7 nitrogen and oxygen atoms in total. The fourth-order valence-electron chi connectivity index (χ4n) is 3.76. The first-order valence-corrected chi connectivity index (χ1v) is 10.8. The number of unbranched alkanes of at least 4 members (excludes halogenated alkanes) is 2. The van der Waals surface area contributed by atoms with Gasteiger partial charge in [-0.25, -0.2) is 4.79 Å². The highest BCUT2D eigenvalue weighted by Gasteiger charge is 2.33. The van der Waals surface area contributed by atoms with Crippen molar-refractivity contribution in [3.8, 4) is 23.3 Å². The second-order valence-electron chi connectivity index (χ2n) is 7.58. The minimum atomic E-state index is -0.626. The lowest BCUT2D eigenvalue weighted by atomic mass is 9.83. The summed E-state index contributed by atoms with van der Waals surface area (Å²) < 4.78 is 22.3. The van der Waals surface area contributed by atoms with Gasteiger partial charge in [-0.15, -0.1) is 0 Å². The number of benzene rings is 2. The van der Waals surface area contributed by atoms with Gasteiger partial charge in [0, 0.05) is 17.2 Å². The van der Waals surface area contributed by atoms with E-state index in [2.05, 4.69) is 13.0 Å². The van der Waals surface area contributed by atoms with Gasteiger partial charge < -0.3 is 24.4 Å². The molecule has 1 aliphatic heterocycles. The van der Waals surface area contributed by atoms with Gasteiger partial charge in [0.1, 0.15) is 28.9 Å². The quantitative estimate of drug-likeness (QED) is 0.286. The monoisotopic (exact) mass is 444 g/mol. The van der Waals surface area contributed by atoms with Crippen molar-refractivity contribution in [3.05, 3.63) is 89.2 Å². The average molecular weight is 444 g/mol. The van der Waals surface area contributed by atoms with Crippen molar-refractivity contribution in [3.63, 3.8) is 0 Å². The molecule has 1 unspecified atom stereocenters. The molecule has 0 spiro atoms. The Hall–Kier alpha value is -4.18. The summed E-state index contributed by atoms with van der Waals surface area (Å²) in [5.41, 5.74) is 7.96. The molecule has 7 heteroatoms. The summed E-state index contributed by atoms with van der Waals surface area (Å²) in [4.78, 5) is 12.2. The second kappa shape index (κ2) is 9.96. The molecular weight excluding hydrogens is 420 g/mol. The maximum absolute atomic E-state index is 12.2. The van der Waals surface area contributed by atoms with E-state index in [4.69, 9.17) is 24.4 Å². The number of nitriles is 1. The van der Waals surface area contributed by atoms with Gasteiger partial charge in [0.05, 0.1) is 18.8 Å². The molecule has 3 aromatic rings. The van der Waals surface area contributed by atoms with Crippen molar-refractivity contribution in [1.29, 1.82) is 5.26 Å². The van der Waals surface area contributed by atoms with Gasteiger partial charge in [0.2, 0.25) is 11.6 Å². The third kappa shape index (κ3) is 4.70. The predicted molar refractivity (Wildman–Crippen MR) is 121 cm³/mol. The molecule has 0 aliphatic carbocycles. The van der Waals surface area contributed by atoms with E-state index in [-0.39, 0.29) is 17.4 Å². The Morgan fingerprint density at radius 3 is 2.73 bits per heavy atom. The van der Waals surface area contributed by atoms with Crippen LogP contribution in [0.4, 0.5) is 0 Å². The van der Waals surface area contributed by atoms with Gasteiger partial charge in [0.25, 0.3) is 0 Å². The van der Waals surface area contributed by atoms with Crippen molar-refractivity contribution >= 4 is 5.97 Å². The van der Waals surface area contributed by atoms with Crippen LogP contribution in [-0.2, 0) is 0 Å². The van der Waals surface area contributed by atoms with Gasteiger partial charge in [0.15, 0.2) is 0 Å². The van der Waals surface area contributed by atoms with Crippen molar-refractivity contribution in [1.82, 2.24) is 0 Å². The molecule has 4 rings (SSSR count). The number of hydrogen-bond donors (Lipinski definition) is 1. The topological polar surface area (TPSA) is 108 Å². The van der Waals surface area contributed by atoms with E-state index in [9.17, 15) is 10.1 Å². The number of para-hydroxylation sites is 1. The first kappa shape index (κ1) is 22.0. The SMILES string of the molecule is CCCCCOc1ccccc1C1C(C#N)=C(N)Oc2cc(OC(=O)c3ccco3)ccc21. The molecule has 168 valence electrons. The number of nitrogens with two attached hydrogens (primary N) is 1. The Morgan fingerprint density at radius 1 is 1.12 bits per heavy atom. The first-order valence-electron chi connectivity index (χ1n) is 10.8. The summed E-state index contributed by atoms with van der Waals surface area (Å²) in [5.74, 6) is 0.362. The number of esters is 1. The Labute approximate surface area is 192 Å². The number of rotatable bonds is 8. The van der Waals surface area contributed by atoms with Crippen LogP contribution in [0.2, 0.25) is 0 Å². The van der Waals surface area contributed by atoms with Crippen LogP contribution >= 0.6 is 0 Å². The number of furan rings is 1. The fourth-order valence-corrected chi connectivity index (χ4v) is 3.76. The first-order chi connectivity index (χ1) is 16.1. The van der Waals surface area contributed by atoms with Gasteiger partial charge in [-0.2, -0.15) is 5.26 Å². The van der Waals surface area contributed by atoms with Crippen LogP contribution in [-0.4, -0.2) is 12.6 Å². The van der Waals surface area contributed by atoms with E-state index >= 15 is 0 Å². The van der Waals surface area contributed by atoms with Crippen LogP contribution in [0.25, 0.3) is 0 Å². The zero-order valence-electron chi connectivity index (χ0n) is 18.2. The molecule has 1 aliphatic rings. The van der Waals surface area contributed by atoms with E-state index in [1.54, 1.807) is 24.3 Å². The lowest BCUT2D eigenvalue weighted by Crippen LogP contribution is -2.21. The number of carbonyl (C=O) groups is 1. The summed E-state index contributed by atoms with van der Waals surface area (Å²) in [7, 11) is 0. The van der Waals surface area contributed by atoms with E-state index in [1.807, 2.05) is 24.3 Å². The van der Waals surface area contributed by atoms with Gasteiger partial charge in [-0.3, -0.25) is 0 Å². The minimum Gasteiger partial charge on any atom is -0.493 e. The van der Waals surface area contributed by atoms with Crippen molar-refractivity contribution < 1.29 is 23.4 Å². The fraction of sp³-hybridized carbons (Fsp3) is 0.231. The largest absolute Gasteiger partial charge is 0.493 e. The second-order valence-corrected chi connectivity index (χ2v) is 7.58. The molecule has 1 atom stereocenters. The highest BCUT2D eigenvalue weighted by Crippen LogP contribution is 2.45. The number of carbonyl (C=O) groups excluding carboxylic acids is 1. The van der Waals surface area contributed by atoms with Crippen LogP contribution in [0.3, 0.4) is 0 Å². The Bertz CT molecular complexity index is 1210. The summed E-state index contributed by atoms with van der Waals surface area (Å²) >= 11 is 0. The van der Waals surface area contributed by atoms with E-state index < -0.39 is 11.9 Å². The molecule has 2 heterocycles. The molecule has 1 aromatic heterocycles. The van der Waals surface area contributed by atoms with Gasteiger partial charge in [-0.05, 0) is 30.7 Å². The standard InChI is InChI=1S/C26H24N2O5/c1-2-3-6-13-30-21-9-5-4-8-18(21)24-19-12-11-17(32-26(29)22-10-7-14-31-22)15-23(19)33-25(28)20(24)16-27/h4-5,7-12,14-15,24H,2-3,6,13,28H2,1H3. The van der Waals surface area contributed by atoms with Crippen LogP contribution in [0, 0.1) is 11.3 Å². The number of allylic oxidation sites excluding steroid dienone is 1. The van der Waals surface area contributed by atoms with Crippen LogP contribution < -0.4 is 19.9 Å². The van der Waals surface area contributed by atoms with Crippen LogP contribution in [0.1, 0.15) is 53.8 Å². The third-order valence-electron chi connectivity index (χ3n) is 5.36. The minimum absolute atomic E-state index is 0.00490. The molecule has 0 saturated carbocycles. The van der Waals surface area contributed by atoms with E-state index in [0.717, 1.165) is 30.4 Å². The smallest absolute Gasteiger partial charge is 0.379 e. The molecule has 33 heavy (non-hydrogen) atoms. The Morgan fingerprint density at radius 2 is 1.97 bits per heavy atom. The maximum atomic E-state index is 12.2. The van der Waals surface area contributed by atoms with Crippen LogP contribution in [0.5, 0.6) is 17.2 Å². The van der Waals surface area contributed by atoms with Crippen LogP contribution in [0.15, 0.2) is 76.7 Å². The molecule has 0 amide bonds. The lowest BCUT2D eigenvalue weighted by molar-refractivity contribution is 0.0701. The third-order valence-corrected chi connectivity index (χ3v) is 5.36. The highest BCUT2D eigenvalue weighted by molar-refractivity contribution is 5.88. The molecule has 0 radical (unpaired) electrons. The molecule has 2 N–H and O–H groups in total. The van der Waals surface area contributed by atoms with E-state index in [1.165, 1.54) is 12.3 Å². The molecule has 0 saturated heterocycles. The summed E-state index contributed by atoms with van der Waals surface area (Å²) in [6.07, 6.45) is 4.53. The highest BCUT2D eigenvalue weighted by atomic mass is 16.5. The Balaban J connectivity index is 1.67. The van der Waals surface area contributed by atoms with Crippen molar-refractivity contribution in [2.45, 2.75) is 32.1 Å². The normalized spacial score (nSPS) is 14.7. The molecule has 0 bridgehead atoms. The maximum Gasteiger partial charge on any atom is 0.379 e. The lowest BCUT2D eigenvalue weighted by Gasteiger charge is -2.28. The molecular formula is C26H24N2O5. The zero-order valence-corrected chi connectivity index (χ0v) is 18.2. The number of ether oxygens (including phenoxy) is 3. The molecule has 2 aromatic carbocycles. The summed E-state index contributed by atoms with van der Waals surface area (Å²) in [5, 5.41) is 9.85. The molecule has 0 fully saturated rings. The summed E-state index contributed by atoms with van der Waals surface area (Å²) in [6.45, 7) is 2.73. The number of nitrogens with zero attached hydrogens (tertiary/aromatic N) is 1. The Kier molecular flexibility index (Phi) is 6.65. The zero-order chi connectivity index (χ0) is 23.2. The van der Waals surface area contributed by atoms with Gasteiger partial charge >= 0.3 is 5.97 Å². The average Bonchev–Trinajstić information content (AvgIpc) is 3.36. The van der Waals surface area contributed by atoms with Gasteiger partial charge in [-0.1, -0.05) is 44.0 Å². The van der Waals surface area contributed by atoms with Crippen molar-refractivity contribution in [2.24, 2.45) is 5.73 Å². The summed E-state index contributed by atoms with van der Waals surface area (Å²) in [6, 6.07) is 17.9. The van der Waals surface area contributed by atoms with Crippen molar-refractivity contribution in [2.75, 3.05) is 6.61 Å².